The average molecular weight is 326 g/mol. The number of carbonyl (C=O) groups excluding carboxylic acids is 1. The van der Waals surface area contributed by atoms with Crippen molar-refractivity contribution in [3.63, 3.8) is 0 Å². The fourth-order valence-corrected chi connectivity index (χ4v) is 2.11. The summed E-state index contributed by atoms with van der Waals surface area (Å²) in [5.74, 6) is 0.123. The van der Waals surface area contributed by atoms with E-state index in [0.29, 0.717) is 18.1 Å². The quantitative estimate of drug-likeness (QED) is 0.478. The molecule has 2 rings (SSSR count). The molecule has 0 radical (unpaired) electrons. The van der Waals surface area contributed by atoms with Crippen LogP contribution in [0.25, 0.3) is 0 Å². The van der Waals surface area contributed by atoms with Gasteiger partial charge >= 0.3 is 5.97 Å². The second kappa shape index (κ2) is 8.15. The van der Waals surface area contributed by atoms with Crippen LogP contribution in [-0.2, 0) is 4.74 Å². The van der Waals surface area contributed by atoms with Crippen LogP contribution >= 0.6 is 0 Å². The summed E-state index contributed by atoms with van der Waals surface area (Å²) in [5.41, 5.74) is 2.78. The second-order valence-corrected chi connectivity index (χ2v) is 5.86. The Morgan fingerprint density at radius 1 is 1.29 bits per heavy atom. The smallest absolute Gasteiger partial charge is 0.338 e. The van der Waals surface area contributed by atoms with Crippen molar-refractivity contribution in [1.82, 2.24) is 0 Å². The van der Waals surface area contributed by atoms with Crippen LogP contribution in [0.2, 0.25) is 0 Å². The first-order valence-corrected chi connectivity index (χ1v) is 7.79. The number of aliphatic imine (C=N–C) groups is 1. The Balaban J connectivity index is 2.19. The number of hydrogen-bond donors (Lipinski definition) is 2. The number of carbonyl (C=O) groups is 1. The molecule has 126 valence electrons. The summed E-state index contributed by atoms with van der Waals surface area (Å²) in [6, 6.07) is 12.1. The third-order valence-electron chi connectivity index (χ3n) is 3.23. The van der Waals surface area contributed by atoms with Crippen LogP contribution < -0.4 is 5.32 Å². The zero-order valence-corrected chi connectivity index (χ0v) is 14.1. The molecule has 24 heavy (non-hydrogen) atoms. The SMILES string of the molecule is C/N=C\c1cc(O)ccc1Nc1cccc(C(=O)OCC(C)C)c1. The van der Waals surface area contributed by atoms with E-state index >= 15 is 0 Å². The van der Waals surface area contributed by atoms with Crippen molar-refractivity contribution in [2.45, 2.75) is 13.8 Å². The molecule has 0 saturated heterocycles. The van der Waals surface area contributed by atoms with Gasteiger partial charge in [-0.15, -0.1) is 0 Å². The second-order valence-electron chi connectivity index (χ2n) is 5.86. The Morgan fingerprint density at radius 3 is 2.79 bits per heavy atom. The Kier molecular flexibility index (Phi) is 5.95. The Bertz CT molecular complexity index is 739. The van der Waals surface area contributed by atoms with E-state index in [1.165, 1.54) is 0 Å². The van der Waals surface area contributed by atoms with E-state index in [0.717, 1.165) is 16.9 Å². The van der Waals surface area contributed by atoms with Crippen molar-refractivity contribution in [3.05, 3.63) is 53.6 Å². The number of nitrogens with zero attached hydrogens (tertiary/aromatic N) is 1. The van der Waals surface area contributed by atoms with E-state index in [-0.39, 0.29) is 11.7 Å². The van der Waals surface area contributed by atoms with Crippen LogP contribution in [-0.4, -0.2) is 30.9 Å². The van der Waals surface area contributed by atoms with Gasteiger partial charge in [-0.05, 0) is 42.3 Å². The van der Waals surface area contributed by atoms with Crippen molar-refractivity contribution < 1.29 is 14.6 Å². The first-order chi connectivity index (χ1) is 11.5. The highest BCUT2D eigenvalue weighted by molar-refractivity contribution is 5.92. The molecule has 0 fully saturated rings. The molecule has 5 nitrogen and oxygen atoms in total. The summed E-state index contributed by atoms with van der Waals surface area (Å²) in [7, 11) is 1.67. The first kappa shape index (κ1) is 17.5. The van der Waals surface area contributed by atoms with Crippen molar-refractivity contribution >= 4 is 23.6 Å². The number of ether oxygens (including phenoxy) is 1. The van der Waals surface area contributed by atoms with E-state index in [2.05, 4.69) is 10.3 Å². The molecule has 0 aromatic heterocycles. The number of phenolic OH excluding ortho intramolecular Hbond substituents is 1. The van der Waals surface area contributed by atoms with Crippen LogP contribution in [0.15, 0.2) is 47.5 Å². The molecule has 0 atom stereocenters. The molecular formula is C19H22N2O3. The molecule has 5 heteroatoms. The highest BCUT2D eigenvalue weighted by atomic mass is 16.5. The highest BCUT2D eigenvalue weighted by Gasteiger charge is 2.09. The third-order valence-corrected chi connectivity index (χ3v) is 3.23. The molecule has 0 saturated carbocycles. The molecule has 0 aliphatic rings. The van der Waals surface area contributed by atoms with E-state index < -0.39 is 0 Å². The van der Waals surface area contributed by atoms with Gasteiger partial charge in [0.05, 0.1) is 12.2 Å². The molecule has 0 spiro atoms. The average Bonchev–Trinajstić information content (AvgIpc) is 2.55. The van der Waals surface area contributed by atoms with E-state index in [1.807, 2.05) is 19.9 Å². The minimum Gasteiger partial charge on any atom is -0.508 e. The summed E-state index contributed by atoms with van der Waals surface area (Å²) in [6.45, 7) is 4.38. The minimum absolute atomic E-state index is 0.168. The maximum atomic E-state index is 12.1. The number of benzene rings is 2. The molecule has 2 aromatic rings. The largest absolute Gasteiger partial charge is 0.508 e. The van der Waals surface area contributed by atoms with Crippen LogP contribution in [0.3, 0.4) is 0 Å². The molecule has 2 aromatic carbocycles. The van der Waals surface area contributed by atoms with Crippen LogP contribution in [0.1, 0.15) is 29.8 Å². The molecule has 0 heterocycles. The fraction of sp³-hybridized carbons (Fsp3) is 0.263. The molecule has 0 unspecified atom stereocenters. The molecule has 2 N–H and O–H groups in total. The first-order valence-electron chi connectivity index (χ1n) is 7.79. The summed E-state index contributed by atoms with van der Waals surface area (Å²) in [5, 5.41) is 12.8. The lowest BCUT2D eigenvalue weighted by atomic mass is 10.1. The summed E-state index contributed by atoms with van der Waals surface area (Å²) < 4.78 is 5.25. The van der Waals surface area contributed by atoms with Crippen molar-refractivity contribution in [3.8, 4) is 5.75 Å². The Labute approximate surface area is 142 Å². The number of phenols is 1. The predicted molar refractivity (Wildman–Crippen MR) is 96.5 cm³/mol. The van der Waals surface area contributed by atoms with Gasteiger partial charge in [-0.3, -0.25) is 4.99 Å². The third kappa shape index (κ3) is 4.84. The zero-order valence-electron chi connectivity index (χ0n) is 14.1. The topological polar surface area (TPSA) is 70.9 Å². The van der Waals surface area contributed by atoms with E-state index in [4.69, 9.17) is 4.74 Å². The van der Waals surface area contributed by atoms with Gasteiger partial charge in [0, 0.05) is 30.2 Å². The van der Waals surface area contributed by atoms with Gasteiger partial charge in [-0.1, -0.05) is 19.9 Å². The Morgan fingerprint density at radius 2 is 2.08 bits per heavy atom. The monoisotopic (exact) mass is 326 g/mol. The van der Waals surface area contributed by atoms with Gasteiger partial charge in [0.1, 0.15) is 5.75 Å². The van der Waals surface area contributed by atoms with Gasteiger partial charge in [-0.25, -0.2) is 4.79 Å². The zero-order chi connectivity index (χ0) is 17.5. The fourth-order valence-electron chi connectivity index (χ4n) is 2.11. The summed E-state index contributed by atoms with van der Waals surface area (Å²) >= 11 is 0. The number of anilines is 2. The normalized spacial score (nSPS) is 11.0. The van der Waals surface area contributed by atoms with Crippen LogP contribution in [0.4, 0.5) is 11.4 Å². The number of aromatic hydroxyl groups is 1. The van der Waals surface area contributed by atoms with E-state index in [9.17, 15) is 9.90 Å². The Hall–Kier alpha value is -2.82. The maximum absolute atomic E-state index is 12.1. The summed E-state index contributed by atoms with van der Waals surface area (Å²) in [6.07, 6.45) is 1.66. The van der Waals surface area contributed by atoms with Gasteiger partial charge in [0.2, 0.25) is 0 Å². The highest BCUT2D eigenvalue weighted by Crippen LogP contribution is 2.24. The minimum atomic E-state index is -0.339. The van der Waals surface area contributed by atoms with Gasteiger partial charge in [0.25, 0.3) is 0 Å². The maximum Gasteiger partial charge on any atom is 0.338 e. The van der Waals surface area contributed by atoms with Crippen molar-refractivity contribution in [2.75, 3.05) is 19.0 Å². The lowest BCUT2D eigenvalue weighted by Crippen LogP contribution is -2.10. The van der Waals surface area contributed by atoms with E-state index in [1.54, 1.807) is 49.7 Å². The van der Waals surface area contributed by atoms with Gasteiger partial charge in [-0.2, -0.15) is 0 Å². The number of hydrogen-bond acceptors (Lipinski definition) is 5. The van der Waals surface area contributed by atoms with Crippen molar-refractivity contribution in [2.24, 2.45) is 10.9 Å². The summed E-state index contributed by atoms with van der Waals surface area (Å²) in [4.78, 5) is 16.0. The molecule has 0 bridgehead atoms. The van der Waals surface area contributed by atoms with Crippen LogP contribution in [0.5, 0.6) is 5.75 Å². The standard InChI is InChI=1S/C19H22N2O3/c1-13(2)12-24-19(23)14-5-4-6-16(9-14)21-18-8-7-17(22)10-15(18)11-20-3/h4-11,13,21-22H,12H2,1-3H3/b20-11-. The lowest BCUT2D eigenvalue weighted by molar-refractivity contribution is 0.0459. The van der Waals surface area contributed by atoms with Gasteiger partial charge < -0.3 is 15.2 Å². The number of nitrogens with one attached hydrogen (secondary N) is 1. The lowest BCUT2D eigenvalue weighted by Gasteiger charge is -2.12. The van der Waals surface area contributed by atoms with Crippen LogP contribution in [0, 0.1) is 5.92 Å². The predicted octanol–water partition coefficient (Wildman–Crippen LogP) is 4.00. The van der Waals surface area contributed by atoms with Crippen molar-refractivity contribution in [1.29, 1.82) is 0 Å². The molecule has 0 aliphatic heterocycles. The molecular weight excluding hydrogens is 304 g/mol. The van der Waals surface area contributed by atoms with Gasteiger partial charge in [0.15, 0.2) is 0 Å². The molecule has 0 aliphatic carbocycles. The molecule has 0 amide bonds. The number of esters is 1. The number of rotatable bonds is 6.